The molecular weight excluding hydrogens is 308 g/mol. The summed E-state index contributed by atoms with van der Waals surface area (Å²) in [5.74, 6) is 0. The number of hydrogen-bond donors (Lipinski definition) is 2. The minimum absolute atomic E-state index is 0.0614. The molecule has 1 saturated heterocycles. The number of aromatic nitrogens is 2. The molecule has 0 amide bonds. The summed E-state index contributed by atoms with van der Waals surface area (Å²) in [4.78, 5) is 29.0. The highest BCUT2D eigenvalue weighted by Gasteiger charge is 2.21. The predicted molar refractivity (Wildman–Crippen MR) is 89.8 cm³/mol. The lowest BCUT2D eigenvalue weighted by atomic mass is 10.0. The molecule has 2 aromatic rings. The summed E-state index contributed by atoms with van der Waals surface area (Å²) in [6.07, 6.45) is 4.87. The Bertz CT molecular complexity index is 893. The number of piperidine rings is 1. The average molecular weight is 328 g/mol. The molecule has 3 heterocycles. The number of rotatable bonds is 4. The van der Waals surface area contributed by atoms with E-state index in [1.54, 1.807) is 22.9 Å². The predicted octanol–water partition coefficient (Wildman–Crippen LogP) is 0.408. The number of nitriles is 1. The Morgan fingerprint density at radius 3 is 2.92 bits per heavy atom. The standard InChI is InChI=1S/C17H20N4O3/c18-10-12-9-14-15(19-16(12)23)4-6-21(17(14)24)8-7-20-5-2-1-3-13(20)11-22/h4,6,9,13,22H,1-3,5,7-8,11H2,(H,19,23)/t13-/m1/s1. The second-order valence-corrected chi connectivity index (χ2v) is 6.13. The van der Waals surface area contributed by atoms with E-state index in [0.717, 1.165) is 25.8 Å². The number of aromatic amines is 1. The molecule has 0 unspecified atom stereocenters. The van der Waals surface area contributed by atoms with E-state index in [1.165, 1.54) is 6.07 Å². The molecule has 0 aromatic carbocycles. The van der Waals surface area contributed by atoms with Crippen molar-refractivity contribution in [2.24, 2.45) is 0 Å². The van der Waals surface area contributed by atoms with Gasteiger partial charge in [0.05, 0.1) is 17.5 Å². The summed E-state index contributed by atoms with van der Waals surface area (Å²) < 4.78 is 1.59. The Balaban J connectivity index is 1.86. The third-order valence-corrected chi connectivity index (χ3v) is 4.69. The number of nitrogens with one attached hydrogen (secondary N) is 1. The quantitative estimate of drug-likeness (QED) is 0.846. The molecule has 3 rings (SSSR count). The van der Waals surface area contributed by atoms with Crippen LogP contribution in [0.2, 0.25) is 0 Å². The van der Waals surface area contributed by atoms with Crippen molar-refractivity contribution in [2.45, 2.75) is 31.8 Å². The van der Waals surface area contributed by atoms with Gasteiger partial charge in [0.25, 0.3) is 11.1 Å². The largest absolute Gasteiger partial charge is 0.395 e. The van der Waals surface area contributed by atoms with E-state index in [-0.39, 0.29) is 23.8 Å². The van der Waals surface area contributed by atoms with Gasteiger partial charge in [0.15, 0.2) is 0 Å². The summed E-state index contributed by atoms with van der Waals surface area (Å²) in [7, 11) is 0. The third-order valence-electron chi connectivity index (χ3n) is 4.69. The lowest BCUT2D eigenvalue weighted by Gasteiger charge is -2.34. The van der Waals surface area contributed by atoms with Crippen molar-refractivity contribution in [2.75, 3.05) is 19.7 Å². The van der Waals surface area contributed by atoms with Crippen LogP contribution in [0.1, 0.15) is 24.8 Å². The Morgan fingerprint density at radius 1 is 1.33 bits per heavy atom. The average Bonchev–Trinajstić information content (AvgIpc) is 2.61. The highest BCUT2D eigenvalue weighted by atomic mass is 16.3. The van der Waals surface area contributed by atoms with E-state index in [9.17, 15) is 14.7 Å². The van der Waals surface area contributed by atoms with Crippen molar-refractivity contribution < 1.29 is 5.11 Å². The van der Waals surface area contributed by atoms with Gasteiger partial charge in [0.1, 0.15) is 11.6 Å². The van der Waals surface area contributed by atoms with Crippen LogP contribution in [-0.4, -0.2) is 45.3 Å². The first-order valence-electron chi connectivity index (χ1n) is 8.15. The highest BCUT2D eigenvalue weighted by molar-refractivity contribution is 5.78. The van der Waals surface area contributed by atoms with Crippen LogP contribution in [0.15, 0.2) is 27.9 Å². The molecule has 0 saturated carbocycles. The molecule has 1 atom stereocenters. The van der Waals surface area contributed by atoms with Crippen LogP contribution in [0.5, 0.6) is 0 Å². The van der Waals surface area contributed by atoms with Gasteiger partial charge in [0.2, 0.25) is 0 Å². The lowest BCUT2D eigenvalue weighted by Crippen LogP contribution is -2.44. The van der Waals surface area contributed by atoms with Crippen molar-refractivity contribution in [3.05, 3.63) is 44.6 Å². The van der Waals surface area contributed by atoms with Gasteiger partial charge in [-0.2, -0.15) is 5.26 Å². The lowest BCUT2D eigenvalue weighted by molar-refractivity contribution is 0.0869. The van der Waals surface area contributed by atoms with E-state index in [1.807, 2.05) is 0 Å². The fraction of sp³-hybridized carbons (Fsp3) is 0.471. The number of nitrogens with zero attached hydrogens (tertiary/aromatic N) is 3. The molecule has 0 bridgehead atoms. The van der Waals surface area contributed by atoms with Gasteiger partial charge in [-0.25, -0.2) is 0 Å². The van der Waals surface area contributed by atoms with Gasteiger partial charge < -0.3 is 14.7 Å². The van der Waals surface area contributed by atoms with Crippen LogP contribution in [0.3, 0.4) is 0 Å². The monoisotopic (exact) mass is 328 g/mol. The number of likely N-dealkylation sites (tertiary alicyclic amines) is 1. The maximum atomic E-state index is 12.6. The zero-order valence-electron chi connectivity index (χ0n) is 13.4. The molecule has 24 heavy (non-hydrogen) atoms. The summed E-state index contributed by atoms with van der Waals surface area (Å²) in [5, 5.41) is 18.8. The first-order valence-corrected chi connectivity index (χ1v) is 8.15. The van der Waals surface area contributed by atoms with E-state index >= 15 is 0 Å². The highest BCUT2D eigenvalue weighted by Crippen LogP contribution is 2.16. The minimum atomic E-state index is -0.485. The molecule has 126 valence electrons. The number of H-pyrrole nitrogens is 1. The van der Waals surface area contributed by atoms with Crippen LogP contribution >= 0.6 is 0 Å². The van der Waals surface area contributed by atoms with Gasteiger partial charge in [-0.15, -0.1) is 0 Å². The molecule has 2 aromatic heterocycles. The van der Waals surface area contributed by atoms with E-state index in [0.29, 0.717) is 24.0 Å². The fourth-order valence-corrected chi connectivity index (χ4v) is 3.30. The molecular formula is C17H20N4O3. The van der Waals surface area contributed by atoms with Gasteiger partial charge in [0, 0.05) is 25.3 Å². The Morgan fingerprint density at radius 2 is 2.17 bits per heavy atom. The SMILES string of the molecule is N#Cc1cc2c(=O)n(CCN3CCCC[C@@H]3CO)ccc2[nH]c1=O. The van der Waals surface area contributed by atoms with E-state index in [4.69, 9.17) is 5.26 Å². The topological polar surface area (TPSA) is 102 Å². The number of aliphatic hydroxyl groups is 1. The summed E-state index contributed by atoms with van der Waals surface area (Å²) in [6, 6.07) is 5.00. The number of fused-ring (bicyclic) bond motifs is 1. The van der Waals surface area contributed by atoms with E-state index < -0.39 is 5.56 Å². The smallest absolute Gasteiger partial charge is 0.266 e. The van der Waals surface area contributed by atoms with E-state index in [2.05, 4.69) is 9.88 Å². The zero-order chi connectivity index (χ0) is 17.1. The number of pyridine rings is 2. The summed E-state index contributed by atoms with van der Waals surface area (Å²) in [5.41, 5.74) is -0.334. The molecule has 7 nitrogen and oxygen atoms in total. The second-order valence-electron chi connectivity index (χ2n) is 6.13. The summed E-state index contributed by atoms with van der Waals surface area (Å²) in [6.45, 7) is 2.26. The second kappa shape index (κ2) is 6.99. The maximum Gasteiger partial charge on any atom is 0.266 e. The fourth-order valence-electron chi connectivity index (χ4n) is 3.30. The van der Waals surface area contributed by atoms with Gasteiger partial charge in [-0.3, -0.25) is 14.5 Å². The van der Waals surface area contributed by atoms with Crippen LogP contribution in [0.4, 0.5) is 0 Å². The van der Waals surface area contributed by atoms with Crippen molar-refractivity contribution in [3.63, 3.8) is 0 Å². The Kier molecular flexibility index (Phi) is 4.79. The molecule has 7 heteroatoms. The molecule has 0 spiro atoms. The Hall–Kier alpha value is -2.43. The first-order chi connectivity index (χ1) is 11.6. The summed E-state index contributed by atoms with van der Waals surface area (Å²) >= 11 is 0. The molecule has 1 aliphatic rings. The Labute approximate surface area is 138 Å². The van der Waals surface area contributed by atoms with Crippen molar-refractivity contribution >= 4 is 10.9 Å². The first kappa shape index (κ1) is 16.4. The normalized spacial score (nSPS) is 18.6. The molecule has 0 aliphatic carbocycles. The molecule has 1 aliphatic heterocycles. The van der Waals surface area contributed by atoms with Crippen LogP contribution in [-0.2, 0) is 6.54 Å². The van der Waals surface area contributed by atoms with Gasteiger partial charge in [-0.05, 0) is 31.5 Å². The van der Waals surface area contributed by atoms with Gasteiger partial charge in [-0.1, -0.05) is 6.42 Å². The zero-order valence-corrected chi connectivity index (χ0v) is 13.4. The third kappa shape index (κ3) is 3.11. The minimum Gasteiger partial charge on any atom is -0.395 e. The van der Waals surface area contributed by atoms with Crippen LogP contribution in [0.25, 0.3) is 10.9 Å². The molecule has 1 fully saturated rings. The van der Waals surface area contributed by atoms with Crippen molar-refractivity contribution in [1.29, 1.82) is 5.26 Å². The van der Waals surface area contributed by atoms with Crippen LogP contribution in [0, 0.1) is 11.3 Å². The molecule has 0 radical (unpaired) electrons. The number of hydrogen-bond acceptors (Lipinski definition) is 5. The van der Waals surface area contributed by atoms with Crippen molar-refractivity contribution in [3.8, 4) is 6.07 Å². The number of aliphatic hydroxyl groups excluding tert-OH is 1. The molecule has 2 N–H and O–H groups in total. The van der Waals surface area contributed by atoms with Crippen molar-refractivity contribution in [1.82, 2.24) is 14.5 Å². The van der Waals surface area contributed by atoms with Crippen LogP contribution < -0.4 is 11.1 Å². The maximum absolute atomic E-state index is 12.6. The van der Waals surface area contributed by atoms with Gasteiger partial charge >= 0.3 is 0 Å².